The smallest absolute Gasteiger partial charge is 0.254 e. The van der Waals surface area contributed by atoms with Crippen molar-refractivity contribution in [3.8, 4) is 0 Å². The van der Waals surface area contributed by atoms with Crippen LogP contribution in [0.4, 0.5) is 4.39 Å². The summed E-state index contributed by atoms with van der Waals surface area (Å²) in [6.45, 7) is 6.22. The van der Waals surface area contributed by atoms with Crippen molar-refractivity contribution in [2.45, 2.75) is 19.4 Å². The molecule has 28 heavy (non-hydrogen) atoms. The molecule has 148 valence electrons. The van der Waals surface area contributed by atoms with E-state index < -0.39 is 0 Å². The molecule has 0 aliphatic carbocycles. The first kappa shape index (κ1) is 19.1. The second-order valence-electron chi connectivity index (χ2n) is 8.21. The molecule has 0 saturated carbocycles. The van der Waals surface area contributed by atoms with Crippen LogP contribution in [0.3, 0.4) is 0 Å². The van der Waals surface area contributed by atoms with Gasteiger partial charge in [0.1, 0.15) is 5.82 Å². The van der Waals surface area contributed by atoms with Crippen LogP contribution in [0.15, 0.2) is 48.5 Å². The SMILES string of the molecule is Cc1c(F)cccc1C(=O)N1CC2CN(CC[C@H](N)c3ccccc3)CC2C1. The molecular weight excluding hydrogens is 353 g/mol. The molecule has 3 atom stereocenters. The zero-order valence-electron chi connectivity index (χ0n) is 16.4. The number of nitrogens with two attached hydrogens (primary N) is 1. The van der Waals surface area contributed by atoms with Crippen LogP contribution >= 0.6 is 0 Å². The van der Waals surface area contributed by atoms with Crippen molar-refractivity contribution in [2.24, 2.45) is 17.6 Å². The number of nitrogens with zero attached hydrogens (tertiary/aromatic N) is 2. The Hall–Kier alpha value is -2.24. The fraction of sp³-hybridized carbons (Fsp3) is 0.435. The van der Waals surface area contributed by atoms with Crippen LogP contribution in [-0.4, -0.2) is 48.4 Å². The maximum Gasteiger partial charge on any atom is 0.254 e. The van der Waals surface area contributed by atoms with Crippen LogP contribution in [0.2, 0.25) is 0 Å². The number of carbonyl (C=O) groups is 1. The molecule has 4 rings (SSSR count). The topological polar surface area (TPSA) is 49.6 Å². The maximum absolute atomic E-state index is 13.8. The Morgan fingerprint density at radius 3 is 2.43 bits per heavy atom. The van der Waals surface area contributed by atoms with Crippen LogP contribution in [-0.2, 0) is 0 Å². The Morgan fingerprint density at radius 1 is 1.07 bits per heavy atom. The van der Waals surface area contributed by atoms with E-state index >= 15 is 0 Å². The number of fused-ring (bicyclic) bond motifs is 1. The maximum atomic E-state index is 13.8. The predicted octanol–water partition coefficient (Wildman–Crippen LogP) is 3.23. The Morgan fingerprint density at radius 2 is 1.75 bits per heavy atom. The molecule has 2 N–H and O–H groups in total. The first-order valence-electron chi connectivity index (χ1n) is 10.1. The Kier molecular flexibility index (Phi) is 5.47. The van der Waals surface area contributed by atoms with E-state index in [1.54, 1.807) is 19.1 Å². The quantitative estimate of drug-likeness (QED) is 0.865. The van der Waals surface area contributed by atoms with Gasteiger partial charge in [-0.25, -0.2) is 4.39 Å². The van der Waals surface area contributed by atoms with Crippen LogP contribution in [0.1, 0.15) is 33.9 Å². The molecule has 2 aliphatic rings. The van der Waals surface area contributed by atoms with Crippen LogP contribution < -0.4 is 5.73 Å². The average molecular weight is 381 g/mol. The van der Waals surface area contributed by atoms with Crippen molar-refractivity contribution in [3.05, 3.63) is 71.0 Å². The Labute approximate surface area is 166 Å². The number of rotatable bonds is 5. The molecule has 0 radical (unpaired) electrons. The normalized spacial score (nSPS) is 23.0. The van der Waals surface area contributed by atoms with Crippen molar-refractivity contribution in [3.63, 3.8) is 0 Å². The molecule has 2 fully saturated rings. The van der Waals surface area contributed by atoms with Crippen LogP contribution in [0.5, 0.6) is 0 Å². The van der Waals surface area contributed by atoms with Gasteiger partial charge in [-0.2, -0.15) is 0 Å². The summed E-state index contributed by atoms with van der Waals surface area (Å²) in [7, 11) is 0. The van der Waals surface area contributed by atoms with Crippen molar-refractivity contribution >= 4 is 5.91 Å². The summed E-state index contributed by atoms with van der Waals surface area (Å²) < 4.78 is 13.8. The highest BCUT2D eigenvalue weighted by Crippen LogP contribution is 2.32. The molecule has 0 aromatic heterocycles. The van der Waals surface area contributed by atoms with Gasteiger partial charge in [0.2, 0.25) is 0 Å². The van der Waals surface area contributed by atoms with E-state index in [0.29, 0.717) is 23.0 Å². The lowest BCUT2D eigenvalue weighted by molar-refractivity contribution is 0.0772. The Balaban J connectivity index is 1.30. The fourth-order valence-corrected chi connectivity index (χ4v) is 4.64. The second-order valence-corrected chi connectivity index (χ2v) is 8.21. The molecule has 2 saturated heterocycles. The monoisotopic (exact) mass is 381 g/mol. The predicted molar refractivity (Wildman–Crippen MR) is 108 cm³/mol. The molecule has 2 aromatic rings. The molecule has 5 heteroatoms. The Bertz CT molecular complexity index is 827. The van der Waals surface area contributed by atoms with Gasteiger partial charge in [-0.15, -0.1) is 0 Å². The number of hydrogen-bond acceptors (Lipinski definition) is 3. The van der Waals surface area contributed by atoms with Crippen molar-refractivity contribution in [2.75, 3.05) is 32.7 Å². The van der Waals surface area contributed by atoms with Crippen molar-refractivity contribution < 1.29 is 9.18 Å². The summed E-state index contributed by atoms with van der Waals surface area (Å²) in [6, 6.07) is 15.1. The zero-order valence-corrected chi connectivity index (χ0v) is 16.4. The summed E-state index contributed by atoms with van der Waals surface area (Å²) in [5.41, 5.74) is 8.45. The molecule has 2 aliphatic heterocycles. The highest BCUT2D eigenvalue weighted by Gasteiger charge is 2.41. The van der Waals surface area contributed by atoms with Gasteiger partial charge in [-0.05, 0) is 55.0 Å². The lowest BCUT2D eigenvalue weighted by atomic mass is 10.0. The van der Waals surface area contributed by atoms with Gasteiger partial charge in [0.25, 0.3) is 5.91 Å². The molecule has 2 aromatic carbocycles. The van der Waals surface area contributed by atoms with Crippen LogP contribution in [0, 0.1) is 24.6 Å². The van der Waals surface area contributed by atoms with Gasteiger partial charge in [-0.1, -0.05) is 36.4 Å². The molecule has 1 amide bonds. The number of amides is 1. The third-order valence-corrected chi connectivity index (χ3v) is 6.33. The minimum atomic E-state index is -0.314. The van der Waals surface area contributed by atoms with Crippen LogP contribution in [0.25, 0.3) is 0 Å². The number of likely N-dealkylation sites (tertiary alicyclic amines) is 2. The molecule has 2 unspecified atom stereocenters. The molecular formula is C23H28FN3O. The first-order chi connectivity index (χ1) is 13.5. The van der Waals surface area contributed by atoms with Crippen molar-refractivity contribution in [1.82, 2.24) is 9.80 Å². The van der Waals surface area contributed by atoms with Gasteiger partial charge < -0.3 is 15.5 Å². The zero-order chi connectivity index (χ0) is 19.7. The van der Waals surface area contributed by atoms with E-state index in [0.717, 1.165) is 39.1 Å². The largest absolute Gasteiger partial charge is 0.338 e. The minimum absolute atomic E-state index is 0.0379. The number of carbonyl (C=O) groups excluding carboxylic acids is 1. The summed E-state index contributed by atoms with van der Waals surface area (Å²) in [4.78, 5) is 17.2. The third-order valence-electron chi connectivity index (χ3n) is 6.33. The molecule has 0 spiro atoms. The second kappa shape index (κ2) is 8.02. The van der Waals surface area contributed by atoms with Gasteiger partial charge in [0, 0.05) is 37.8 Å². The molecule has 0 bridgehead atoms. The summed E-state index contributed by atoms with van der Waals surface area (Å²) >= 11 is 0. The number of hydrogen-bond donors (Lipinski definition) is 1. The minimum Gasteiger partial charge on any atom is -0.338 e. The van der Waals surface area contributed by atoms with Gasteiger partial charge >= 0.3 is 0 Å². The van der Waals surface area contributed by atoms with Gasteiger partial charge in [0.05, 0.1) is 0 Å². The highest BCUT2D eigenvalue weighted by molar-refractivity contribution is 5.95. The standard InChI is InChI=1S/C23H28FN3O/c1-16-20(8-5-9-21(16)24)23(28)27-14-18-12-26(13-19(18)15-27)11-10-22(25)17-6-3-2-4-7-17/h2-9,18-19,22H,10-15,25H2,1H3/t18?,19?,22-/m0/s1. The van der Waals surface area contributed by atoms with E-state index in [1.165, 1.54) is 11.6 Å². The van der Waals surface area contributed by atoms with E-state index in [4.69, 9.17) is 5.73 Å². The summed E-state index contributed by atoms with van der Waals surface area (Å²) in [5.74, 6) is 0.659. The van der Waals surface area contributed by atoms with E-state index in [2.05, 4.69) is 17.0 Å². The average Bonchev–Trinajstić information content (AvgIpc) is 3.27. The third kappa shape index (κ3) is 3.82. The van der Waals surface area contributed by atoms with E-state index in [9.17, 15) is 9.18 Å². The van der Waals surface area contributed by atoms with E-state index in [-0.39, 0.29) is 17.8 Å². The van der Waals surface area contributed by atoms with Gasteiger partial charge in [0.15, 0.2) is 0 Å². The fourth-order valence-electron chi connectivity index (χ4n) is 4.64. The highest BCUT2D eigenvalue weighted by atomic mass is 19.1. The summed E-state index contributed by atoms with van der Waals surface area (Å²) in [6.07, 6.45) is 0.939. The first-order valence-corrected chi connectivity index (χ1v) is 10.1. The molecule has 2 heterocycles. The summed E-state index contributed by atoms with van der Waals surface area (Å²) in [5, 5.41) is 0. The van der Waals surface area contributed by atoms with E-state index in [1.807, 2.05) is 23.1 Å². The molecule has 4 nitrogen and oxygen atoms in total. The number of halogens is 1. The number of benzene rings is 2. The van der Waals surface area contributed by atoms with Gasteiger partial charge in [-0.3, -0.25) is 4.79 Å². The van der Waals surface area contributed by atoms with Crippen molar-refractivity contribution in [1.29, 1.82) is 0 Å². The lowest BCUT2D eigenvalue weighted by Crippen LogP contribution is -2.34. The lowest BCUT2D eigenvalue weighted by Gasteiger charge is -2.23.